The Morgan fingerprint density at radius 2 is 1.15 bits per heavy atom. The molecule has 0 aromatic rings. The van der Waals surface area contributed by atoms with Gasteiger partial charge < -0.3 is 0 Å². The second kappa shape index (κ2) is 6.84. The molecular weight excluding hydrogens is 240 g/mol. The smallest absolute Gasteiger partial charge is 0.0241 e. The van der Waals surface area contributed by atoms with Gasteiger partial charge in [-0.15, -0.1) is 0 Å². The first-order chi connectivity index (χ1) is 9.83. The van der Waals surface area contributed by atoms with Gasteiger partial charge in [0.15, 0.2) is 0 Å². The minimum atomic E-state index is 0.765. The van der Waals surface area contributed by atoms with Crippen LogP contribution >= 0.6 is 0 Å². The molecule has 0 spiro atoms. The van der Waals surface area contributed by atoms with E-state index in [0.29, 0.717) is 0 Å². The maximum absolute atomic E-state index is 2.68. The van der Waals surface area contributed by atoms with Gasteiger partial charge in [0.05, 0.1) is 0 Å². The molecule has 0 aromatic heterocycles. The molecule has 1 atom stereocenters. The summed E-state index contributed by atoms with van der Waals surface area (Å²) in [5, 5.41) is 0. The molecule has 3 rings (SSSR count). The predicted octanol–water partition coefficient (Wildman–Crippen LogP) is 6.73. The number of hydrogen-bond donors (Lipinski definition) is 0. The lowest BCUT2D eigenvalue weighted by atomic mass is 9.53. The van der Waals surface area contributed by atoms with Gasteiger partial charge in [-0.05, 0) is 48.9 Å². The third kappa shape index (κ3) is 2.95. The number of hydrogen-bond acceptors (Lipinski definition) is 0. The molecule has 1 unspecified atom stereocenters. The Morgan fingerprint density at radius 1 is 0.650 bits per heavy atom. The van der Waals surface area contributed by atoms with Crippen LogP contribution in [0.4, 0.5) is 0 Å². The zero-order valence-corrected chi connectivity index (χ0v) is 13.8. The molecule has 3 aliphatic carbocycles. The lowest BCUT2D eigenvalue weighted by molar-refractivity contribution is -0.0226. The second-order valence-corrected chi connectivity index (χ2v) is 8.32. The molecule has 0 N–H and O–H groups in total. The van der Waals surface area contributed by atoms with Crippen LogP contribution in [0.15, 0.2) is 0 Å². The molecule has 0 heteroatoms. The average Bonchev–Trinajstić information content (AvgIpc) is 2.56. The van der Waals surface area contributed by atoms with Gasteiger partial charge in [-0.25, -0.2) is 0 Å². The fourth-order valence-corrected chi connectivity index (χ4v) is 6.23. The minimum absolute atomic E-state index is 0.765. The van der Waals surface area contributed by atoms with E-state index in [1.165, 1.54) is 57.8 Å². The Labute approximate surface area is 127 Å². The van der Waals surface area contributed by atoms with Crippen molar-refractivity contribution in [2.45, 2.75) is 103 Å². The average molecular weight is 277 g/mol. The maximum Gasteiger partial charge on any atom is -0.0241 e. The Kier molecular flexibility index (Phi) is 5.10. The summed E-state index contributed by atoms with van der Waals surface area (Å²) >= 11 is 0. The van der Waals surface area contributed by atoms with Crippen LogP contribution in [0.25, 0.3) is 0 Å². The largest absolute Gasteiger partial charge is 0.0617 e. The van der Waals surface area contributed by atoms with Crippen LogP contribution in [0.5, 0.6) is 0 Å². The highest BCUT2D eigenvalue weighted by molar-refractivity contribution is 4.96. The summed E-state index contributed by atoms with van der Waals surface area (Å²) in [5.74, 6) is 3.18. The van der Waals surface area contributed by atoms with Crippen molar-refractivity contribution in [3.05, 3.63) is 0 Å². The van der Waals surface area contributed by atoms with E-state index in [4.69, 9.17) is 0 Å². The molecule has 0 amide bonds. The van der Waals surface area contributed by atoms with Crippen LogP contribution in [-0.4, -0.2) is 0 Å². The Morgan fingerprint density at radius 3 is 1.75 bits per heavy atom. The highest BCUT2D eigenvalue weighted by Crippen LogP contribution is 2.56. The van der Waals surface area contributed by atoms with Crippen LogP contribution in [0.3, 0.4) is 0 Å². The van der Waals surface area contributed by atoms with Gasteiger partial charge in [0, 0.05) is 0 Å². The molecule has 3 saturated carbocycles. The van der Waals surface area contributed by atoms with Crippen molar-refractivity contribution in [1.82, 2.24) is 0 Å². The molecule has 0 saturated heterocycles. The van der Waals surface area contributed by atoms with Crippen LogP contribution in [0, 0.1) is 23.2 Å². The molecule has 3 fully saturated rings. The third-order valence-electron chi connectivity index (χ3n) is 7.47. The lowest BCUT2D eigenvalue weighted by Crippen LogP contribution is -2.43. The summed E-state index contributed by atoms with van der Waals surface area (Å²) in [6.07, 6.45) is 23.1. The van der Waals surface area contributed by atoms with Crippen molar-refractivity contribution in [2.24, 2.45) is 23.2 Å². The van der Waals surface area contributed by atoms with Gasteiger partial charge in [-0.3, -0.25) is 0 Å². The van der Waals surface area contributed by atoms with Crippen molar-refractivity contribution in [3.63, 3.8) is 0 Å². The second-order valence-electron chi connectivity index (χ2n) is 8.32. The summed E-state index contributed by atoms with van der Waals surface area (Å²) < 4.78 is 0. The zero-order chi connectivity index (χ0) is 13.8. The summed E-state index contributed by atoms with van der Waals surface area (Å²) in [6, 6.07) is 0. The fourth-order valence-electron chi connectivity index (χ4n) is 6.23. The first-order valence-electron chi connectivity index (χ1n) is 9.83. The van der Waals surface area contributed by atoms with E-state index < -0.39 is 0 Å². The van der Waals surface area contributed by atoms with E-state index in [9.17, 15) is 0 Å². The topological polar surface area (TPSA) is 0 Å². The molecule has 0 radical (unpaired) electrons. The van der Waals surface area contributed by atoms with Gasteiger partial charge in [0.1, 0.15) is 0 Å². The maximum atomic E-state index is 2.68. The highest BCUT2D eigenvalue weighted by Gasteiger charge is 2.46. The molecule has 20 heavy (non-hydrogen) atoms. The standard InChI is InChI=1S/C20H36/c1-17(18-11-5-2-6-12-18)20(15-9-4-10-16-20)19-13-7-3-8-14-19/h17-19H,2-16H2,1H3. The lowest BCUT2D eigenvalue weighted by Gasteiger charge is -2.52. The molecule has 0 aliphatic heterocycles. The molecular formula is C20H36. The van der Waals surface area contributed by atoms with Crippen LogP contribution < -0.4 is 0 Å². The van der Waals surface area contributed by atoms with Crippen LogP contribution in [-0.2, 0) is 0 Å². The van der Waals surface area contributed by atoms with E-state index in [2.05, 4.69) is 6.92 Å². The van der Waals surface area contributed by atoms with Gasteiger partial charge in [-0.1, -0.05) is 77.6 Å². The zero-order valence-electron chi connectivity index (χ0n) is 13.8. The monoisotopic (exact) mass is 276 g/mol. The van der Waals surface area contributed by atoms with E-state index in [1.807, 2.05) is 0 Å². The first-order valence-corrected chi connectivity index (χ1v) is 9.83. The van der Waals surface area contributed by atoms with E-state index >= 15 is 0 Å². The molecule has 3 aliphatic rings. The van der Waals surface area contributed by atoms with Gasteiger partial charge in [0.2, 0.25) is 0 Å². The Hall–Kier alpha value is 0. The summed E-state index contributed by atoms with van der Waals surface area (Å²) in [5.41, 5.74) is 0.765. The fraction of sp³-hybridized carbons (Fsp3) is 1.00. The molecule has 116 valence electrons. The van der Waals surface area contributed by atoms with Gasteiger partial charge in [0.25, 0.3) is 0 Å². The van der Waals surface area contributed by atoms with Crippen molar-refractivity contribution < 1.29 is 0 Å². The van der Waals surface area contributed by atoms with Crippen LogP contribution in [0.2, 0.25) is 0 Å². The number of rotatable bonds is 3. The van der Waals surface area contributed by atoms with E-state index in [1.54, 1.807) is 38.5 Å². The van der Waals surface area contributed by atoms with E-state index in [-0.39, 0.29) is 0 Å². The summed E-state index contributed by atoms with van der Waals surface area (Å²) in [4.78, 5) is 0. The molecule has 0 heterocycles. The van der Waals surface area contributed by atoms with Gasteiger partial charge >= 0.3 is 0 Å². The van der Waals surface area contributed by atoms with Crippen molar-refractivity contribution in [2.75, 3.05) is 0 Å². The predicted molar refractivity (Wildman–Crippen MR) is 87.8 cm³/mol. The van der Waals surface area contributed by atoms with Gasteiger partial charge in [-0.2, -0.15) is 0 Å². The molecule has 0 aromatic carbocycles. The first kappa shape index (κ1) is 14.9. The minimum Gasteiger partial charge on any atom is -0.0617 e. The third-order valence-corrected chi connectivity index (χ3v) is 7.47. The Bertz CT molecular complexity index is 274. The summed E-state index contributed by atoms with van der Waals surface area (Å²) in [7, 11) is 0. The van der Waals surface area contributed by atoms with E-state index in [0.717, 1.165) is 23.2 Å². The quantitative estimate of drug-likeness (QED) is 0.536. The van der Waals surface area contributed by atoms with Crippen molar-refractivity contribution in [1.29, 1.82) is 0 Å². The Balaban J connectivity index is 1.76. The molecule has 0 nitrogen and oxygen atoms in total. The normalized spacial score (nSPS) is 31.1. The SMILES string of the molecule is CC(C1CCCCC1)C1(C2CCCCC2)CCCCC1. The van der Waals surface area contributed by atoms with Crippen molar-refractivity contribution in [3.8, 4) is 0 Å². The molecule has 0 bridgehead atoms. The highest BCUT2D eigenvalue weighted by atomic mass is 14.5. The van der Waals surface area contributed by atoms with Crippen LogP contribution in [0.1, 0.15) is 103 Å². The van der Waals surface area contributed by atoms with Crippen molar-refractivity contribution >= 4 is 0 Å². The summed E-state index contributed by atoms with van der Waals surface area (Å²) in [6.45, 7) is 2.68.